The van der Waals surface area contributed by atoms with Crippen LogP contribution in [0.3, 0.4) is 0 Å². The molecule has 0 amide bonds. The fraction of sp³-hybridized carbons (Fsp3) is 0.562. The number of aliphatic carboxylic acids is 1. The zero-order valence-corrected chi connectivity index (χ0v) is 12.2. The molecule has 1 aliphatic rings. The summed E-state index contributed by atoms with van der Waals surface area (Å²) in [5.74, 6) is -0.832. The van der Waals surface area contributed by atoms with Crippen LogP contribution in [0.2, 0.25) is 0 Å². The molecule has 1 saturated heterocycles. The van der Waals surface area contributed by atoms with Gasteiger partial charge >= 0.3 is 5.97 Å². The molecule has 0 radical (unpaired) electrons. The summed E-state index contributed by atoms with van der Waals surface area (Å²) in [5.41, 5.74) is 0.902. The number of rotatable bonds is 6. The summed E-state index contributed by atoms with van der Waals surface area (Å²) in [7, 11) is 0. The summed E-state index contributed by atoms with van der Waals surface area (Å²) < 4.78 is 5.57. The fourth-order valence-electron chi connectivity index (χ4n) is 2.71. The number of benzene rings is 1. The quantitative estimate of drug-likeness (QED) is 0.838. The summed E-state index contributed by atoms with van der Waals surface area (Å²) in [5, 5.41) is 13.0. The van der Waals surface area contributed by atoms with Gasteiger partial charge in [0.25, 0.3) is 0 Å². The van der Waals surface area contributed by atoms with E-state index in [0.717, 1.165) is 30.6 Å². The minimum absolute atomic E-state index is 0.130. The van der Waals surface area contributed by atoms with E-state index in [2.05, 4.69) is 5.32 Å². The van der Waals surface area contributed by atoms with Gasteiger partial charge in [0.05, 0.1) is 6.10 Å². The third kappa shape index (κ3) is 3.02. The van der Waals surface area contributed by atoms with E-state index in [-0.39, 0.29) is 6.10 Å². The second-order valence-electron chi connectivity index (χ2n) is 5.45. The Bertz CT molecular complexity index is 451. The predicted molar refractivity (Wildman–Crippen MR) is 77.8 cm³/mol. The van der Waals surface area contributed by atoms with Crippen molar-refractivity contribution in [3.8, 4) is 0 Å². The van der Waals surface area contributed by atoms with Gasteiger partial charge < -0.3 is 9.84 Å². The molecular weight excluding hydrogens is 254 g/mol. The van der Waals surface area contributed by atoms with Crippen LogP contribution < -0.4 is 5.32 Å². The Balaban J connectivity index is 2.19. The zero-order chi connectivity index (χ0) is 14.6. The molecule has 2 atom stereocenters. The second-order valence-corrected chi connectivity index (χ2v) is 5.45. The van der Waals surface area contributed by atoms with Crippen LogP contribution in [0.25, 0.3) is 0 Å². The molecule has 20 heavy (non-hydrogen) atoms. The average Bonchev–Trinajstić information content (AvgIpc) is 2.94. The van der Waals surface area contributed by atoms with Crippen molar-refractivity contribution in [2.45, 2.75) is 44.8 Å². The topological polar surface area (TPSA) is 58.6 Å². The minimum atomic E-state index is -1.03. The van der Waals surface area contributed by atoms with Gasteiger partial charge in [0.15, 0.2) is 0 Å². The van der Waals surface area contributed by atoms with E-state index < -0.39 is 11.5 Å². The lowest BCUT2D eigenvalue weighted by Crippen LogP contribution is -2.51. The first kappa shape index (κ1) is 15.0. The van der Waals surface area contributed by atoms with E-state index in [9.17, 15) is 9.90 Å². The Kier molecular flexibility index (Phi) is 4.78. The van der Waals surface area contributed by atoms with E-state index in [1.165, 1.54) is 0 Å². The van der Waals surface area contributed by atoms with E-state index in [1.807, 2.05) is 38.1 Å². The van der Waals surface area contributed by atoms with Crippen molar-refractivity contribution in [3.63, 3.8) is 0 Å². The maximum Gasteiger partial charge on any atom is 0.328 e. The number of hydrogen-bond donors (Lipinski definition) is 2. The van der Waals surface area contributed by atoms with Crippen LogP contribution in [0.5, 0.6) is 0 Å². The van der Waals surface area contributed by atoms with Crippen molar-refractivity contribution in [2.24, 2.45) is 0 Å². The summed E-state index contributed by atoms with van der Waals surface area (Å²) in [6.07, 6.45) is 2.69. The molecule has 2 unspecified atom stereocenters. The van der Waals surface area contributed by atoms with Gasteiger partial charge in [0, 0.05) is 13.2 Å². The number of hydrogen-bond acceptors (Lipinski definition) is 3. The van der Waals surface area contributed by atoms with E-state index in [0.29, 0.717) is 13.0 Å². The highest BCUT2D eigenvalue weighted by atomic mass is 16.5. The molecule has 0 aliphatic carbocycles. The van der Waals surface area contributed by atoms with E-state index in [1.54, 1.807) is 0 Å². The number of carboxylic acid groups (broad SMARTS) is 1. The van der Waals surface area contributed by atoms with Gasteiger partial charge in [-0.1, -0.05) is 36.8 Å². The highest BCUT2D eigenvalue weighted by Gasteiger charge is 2.39. The molecule has 2 N–H and O–H groups in total. The fourth-order valence-corrected chi connectivity index (χ4v) is 2.71. The maximum atomic E-state index is 11.8. The van der Waals surface area contributed by atoms with Gasteiger partial charge in [-0.25, -0.2) is 4.79 Å². The van der Waals surface area contributed by atoms with Crippen LogP contribution in [0.1, 0.15) is 37.3 Å². The van der Waals surface area contributed by atoms with Gasteiger partial charge in [0.1, 0.15) is 5.54 Å². The number of ether oxygens (including phenoxy) is 1. The minimum Gasteiger partial charge on any atom is -0.480 e. The van der Waals surface area contributed by atoms with Crippen LogP contribution >= 0.6 is 0 Å². The Hall–Kier alpha value is -1.39. The number of carbonyl (C=O) groups is 1. The molecule has 1 aliphatic heterocycles. The summed E-state index contributed by atoms with van der Waals surface area (Å²) in [6, 6.07) is 7.71. The molecule has 1 fully saturated rings. The zero-order valence-electron chi connectivity index (χ0n) is 12.2. The van der Waals surface area contributed by atoms with Gasteiger partial charge in [-0.05, 0) is 31.7 Å². The first-order chi connectivity index (χ1) is 9.58. The van der Waals surface area contributed by atoms with Crippen molar-refractivity contribution < 1.29 is 14.6 Å². The number of aryl methyl sites for hydroxylation is 1. The van der Waals surface area contributed by atoms with Crippen molar-refractivity contribution in [3.05, 3.63) is 35.4 Å². The second kappa shape index (κ2) is 6.37. The molecule has 1 aromatic rings. The molecule has 0 bridgehead atoms. The van der Waals surface area contributed by atoms with Gasteiger partial charge in [0.2, 0.25) is 0 Å². The molecule has 4 nitrogen and oxygen atoms in total. The Morgan fingerprint density at radius 1 is 1.45 bits per heavy atom. The molecule has 1 heterocycles. The Labute approximate surface area is 120 Å². The van der Waals surface area contributed by atoms with Crippen molar-refractivity contribution >= 4 is 5.97 Å². The largest absolute Gasteiger partial charge is 0.480 e. The van der Waals surface area contributed by atoms with Crippen LogP contribution in [0, 0.1) is 6.92 Å². The lowest BCUT2D eigenvalue weighted by atomic mass is 9.86. The monoisotopic (exact) mass is 277 g/mol. The Morgan fingerprint density at radius 2 is 2.15 bits per heavy atom. The average molecular weight is 277 g/mol. The van der Waals surface area contributed by atoms with E-state index >= 15 is 0 Å². The maximum absolute atomic E-state index is 11.8. The molecule has 1 aromatic carbocycles. The lowest BCUT2D eigenvalue weighted by molar-refractivity contribution is -0.145. The SMILES string of the molecule is CCC(NCC1CCCO1)(C(=O)O)c1ccc(C)cc1. The molecule has 0 aromatic heterocycles. The molecule has 0 saturated carbocycles. The summed E-state index contributed by atoms with van der Waals surface area (Å²) in [6.45, 7) is 5.26. The molecule has 110 valence electrons. The van der Waals surface area contributed by atoms with Gasteiger partial charge in [-0.3, -0.25) is 5.32 Å². The molecular formula is C16H23NO3. The standard InChI is InChI=1S/C16H23NO3/c1-3-16(15(18)19,13-8-6-12(2)7-9-13)17-11-14-5-4-10-20-14/h6-9,14,17H,3-5,10-11H2,1-2H3,(H,18,19). The highest BCUT2D eigenvalue weighted by molar-refractivity contribution is 5.80. The molecule has 0 spiro atoms. The first-order valence-electron chi connectivity index (χ1n) is 7.25. The smallest absolute Gasteiger partial charge is 0.328 e. The van der Waals surface area contributed by atoms with Crippen molar-refractivity contribution in [1.29, 1.82) is 0 Å². The summed E-state index contributed by atoms with van der Waals surface area (Å²) in [4.78, 5) is 11.8. The van der Waals surface area contributed by atoms with Crippen molar-refractivity contribution in [1.82, 2.24) is 5.32 Å². The third-order valence-corrected chi connectivity index (χ3v) is 4.10. The van der Waals surface area contributed by atoms with Crippen LogP contribution in [-0.2, 0) is 15.1 Å². The van der Waals surface area contributed by atoms with Crippen LogP contribution in [0.4, 0.5) is 0 Å². The Morgan fingerprint density at radius 3 is 2.65 bits per heavy atom. The number of carboxylic acids is 1. The lowest BCUT2D eigenvalue weighted by Gasteiger charge is -2.31. The normalized spacial score (nSPS) is 21.6. The highest BCUT2D eigenvalue weighted by Crippen LogP contribution is 2.26. The predicted octanol–water partition coefficient (Wildman–Crippen LogP) is 2.45. The number of nitrogens with one attached hydrogen (secondary N) is 1. The summed E-state index contributed by atoms with van der Waals surface area (Å²) >= 11 is 0. The van der Waals surface area contributed by atoms with E-state index in [4.69, 9.17) is 4.74 Å². The molecule has 4 heteroatoms. The van der Waals surface area contributed by atoms with Crippen LogP contribution in [-0.4, -0.2) is 30.3 Å². The first-order valence-corrected chi connectivity index (χ1v) is 7.25. The molecule has 2 rings (SSSR count). The van der Waals surface area contributed by atoms with Crippen molar-refractivity contribution in [2.75, 3.05) is 13.2 Å². The third-order valence-electron chi connectivity index (χ3n) is 4.10. The van der Waals surface area contributed by atoms with Gasteiger partial charge in [-0.2, -0.15) is 0 Å². The van der Waals surface area contributed by atoms with Gasteiger partial charge in [-0.15, -0.1) is 0 Å². The van der Waals surface area contributed by atoms with Crippen LogP contribution in [0.15, 0.2) is 24.3 Å².